The lowest BCUT2D eigenvalue weighted by Gasteiger charge is -2.23. The molecular formula is C14H17ClN2O3. The average Bonchev–Trinajstić information content (AvgIpc) is 3.21. The molecule has 1 saturated carbocycles. The van der Waals surface area contributed by atoms with E-state index in [9.17, 15) is 9.59 Å². The summed E-state index contributed by atoms with van der Waals surface area (Å²) in [6.07, 6.45) is 1.94. The fraction of sp³-hybridized carbons (Fsp3) is 0.429. The molecule has 1 aromatic carbocycles. The first kappa shape index (κ1) is 14.7. The van der Waals surface area contributed by atoms with Gasteiger partial charge in [-0.25, -0.2) is 4.79 Å². The number of hydrogen-bond donors (Lipinski definition) is 2. The monoisotopic (exact) mass is 296 g/mol. The van der Waals surface area contributed by atoms with Gasteiger partial charge in [0.05, 0.1) is 6.42 Å². The van der Waals surface area contributed by atoms with Gasteiger partial charge in [-0.1, -0.05) is 23.7 Å². The van der Waals surface area contributed by atoms with Crippen LogP contribution in [-0.4, -0.2) is 34.6 Å². The first-order chi connectivity index (χ1) is 9.56. The lowest BCUT2D eigenvalue weighted by molar-refractivity contribution is -0.136. The Morgan fingerprint density at radius 1 is 1.30 bits per heavy atom. The van der Waals surface area contributed by atoms with Crippen LogP contribution < -0.4 is 5.32 Å². The molecule has 20 heavy (non-hydrogen) atoms. The van der Waals surface area contributed by atoms with Crippen LogP contribution in [0.3, 0.4) is 0 Å². The summed E-state index contributed by atoms with van der Waals surface area (Å²) in [5.74, 6) is -0.916. The fourth-order valence-electron chi connectivity index (χ4n) is 1.92. The predicted octanol–water partition coefficient (Wildman–Crippen LogP) is 2.49. The van der Waals surface area contributed by atoms with Gasteiger partial charge in [0, 0.05) is 24.2 Å². The van der Waals surface area contributed by atoms with E-state index in [0.717, 1.165) is 18.4 Å². The van der Waals surface area contributed by atoms with Crippen molar-refractivity contribution in [2.24, 2.45) is 0 Å². The van der Waals surface area contributed by atoms with Crippen LogP contribution in [-0.2, 0) is 11.3 Å². The number of carboxylic acids is 1. The largest absolute Gasteiger partial charge is 0.481 e. The molecule has 2 N–H and O–H groups in total. The standard InChI is InChI=1S/C14H17ClN2O3/c15-11-3-1-10(2-4-11)9-17(12-5-6-12)14(20)16-8-7-13(18)19/h1-4,12H,5-9H2,(H,16,20)(H,18,19). The van der Waals surface area contributed by atoms with E-state index in [1.807, 2.05) is 12.1 Å². The third kappa shape index (κ3) is 4.42. The zero-order valence-corrected chi connectivity index (χ0v) is 11.8. The van der Waals surface area contributed by atoms with Gasteiger partial charge in [-0.15, -0.1) is 0 Å². The Hall–Kier alpha value is -1.75. The molecule has 2 rings (SSSR count). The smallest absolute Gasteiger partial charge is 0.317 e. The molecule has 1 aliphatic carbocycles. The highest BCUT2D eigenvalue weighted by Gasteiger charge is 2.32. The Morgan fingerprint density at radius 3 is 2.50 bits per heavy atom. The van der Waals surface area contributed by atoms with Crippen molar-refractivity contribution in [1.82, 2.24) is 10.2 Å². The maximum absolute atomic E-state index is 12.1. The Balaban J connectivity index is 1.91. The zero-order valence-electron chi connectivity index (χ0n) is 11.0. The third-order valence-corrected chi connectivity index (χ3v) is 3.38. The van der Waals surface area contributed by atoms with E-state index < -0.39 is 5.97 Å². The number of hydrogen-bond acceptors (Lipinski definition) is 2. The van der Waals surface area contributed by atoms with Crippen molar-refractivity contribution in [1.29, 1.82) is 0 Å². The minimum atomic E-state index is -0.916. The van der Waals surface area contributed by atoms with E-state index in [2.05, 4.69) is 5.32 Å². The molecule has 0 aliphatic heterocycles. The van der Waals surface area contributed by atoms with E-state index in [0.29, 0.717) is 11.6 Å². The molecule has 0 bridgehead atoms. The zero-order chi connectivity index (χ0) is 14.5. The lowest BCUT2D eigenvalue weighted by atomic mass is 10.2. The van der Waals surface area contributed by atoms with E-state index in [1.165, 1.54) is 0 Å². The number of urea groups is 1. The maximum Gasteiger partial charge on any atom is 0.317 e. The summed E-state index contributed by atoms with van der Waals surface area (Å²) in [6, 6.07) is 7.43. The van der Waals surface area contributed by atoms with Crippen molar-refractivity contribution in [2.75, 3.05) is 6.54 Å². The molecule has 6 heteroatoms. The maximum atomic E-state index is 12.1. The first-order valence-corrected chi connectivity index (χ1v) is 6.95. The Kier molecular flexibility index (Phi) is 4.84. The molecule has 2 amide bonds. The van der Waals surface area contributed by atoms with Crippen LogP contribution in [0.1, 0.15) is 24.8 Å². The van der Waals surface area contributed by atoms with Gasteiger partial charge >= 0.3 is 12.0 Å². The number of aliphatic carboxylic acids is 1. The van der Waals surface area contributed by atoms with Gasteiger partial charge < -0.3 is 15.3 Å². The average molecular weight is 297 g/mol. The molecule has 1 fully saturated rings. The molecule has 1 aliphatic rings. The number of halogens is 1. The molecule has 5 nitrogen and oxygen atoms in total. The molecule has 1 aromatic rings. The second-order valence-electron chi connectivity index (χ2n) is 4.86. The van der Waals surface area contributed by atoms with Crippen LogP contribution >= 0.6 is 11.6 Å². The molecule has 0 aromatic heterocycles. The molecule has 0 saturated heterocycles. The molecule has 0 atom stereocenters. The van der Waals surface area contributed by atoms with E-state index in [-0.39, 0.29) is 25.0 Å². The summed E-state index contributed by atoms with van der Waals surface area (Å²) in [5.41, 5.74) is 1.01. The molecule has 0 unspecified atom stereocenters. The topological polar surface area (TPSA) is 69.6 Å². The fourth-order valence-corrected chi connectivity index (χ4v) is 2.04. The van der Waals surface area contributed by atoms with Gasteiger partial charge in [-0.05, 0) is 30.5 Å². The van der Waals surface area contributed by atoms with Gasteiger partial charge in [-0.2, -0.15) is 0 Å². The SMILES string of the molecule is O=C(O)CCNC(=O)N(Cc1ccc(Cl)cc1)C1CC1. The number of carboxylic acid groups (broad SMARTS) is 1. The molecule has 108 valence electrons. The Labute approximate surface area is 122 Å². The Bertz CT molecular complexity index is 486. The van der Waals surface area contributed by atoms with Gasteiger partial charge in [0.15, 0.2) is 0 Å². The third-order valence-electron chi connectivity index (χ3n) is 3.13. The van der Waals surface area contributed by atoms with Crippen molar-refractivity contribution >= 4 is 23.6 Å². The van der Waals surface area contributed by atoms with Crippen molar-refractivity contribution in [3.8, 4) is 0 Å². The predicted molar refractivity (Wildman–Crippen MR) is 75.7 cm³/mol. The highest BCUT2D eigenvalue weighted by atomic mass is 35.5. The number of carbonyl (C=O) groups excluding carboxylic acids is 1. The Morgan fingerprint density at radius 2 is 1.95 bits per heavy atom. The number of benzene rings is 1. The van der Waals surface area contributed by atoms with Crippen LogP contribution in [0.15, 0.2) is 24.3 Å². The van der Waals surface area contributed by atoms with Crippen LogP contribution in [0.25, 0.3) is 0 Å². The van der Waals surface area contributed by atoms with E-state index in [4.69, 9.17) is 16.7 Å². The number of amides is 2. The van der Waals surface area contributed by atoms with Crippen molar-refractivity contribution in [3.05, 3.63) is 34.9 Å². The summed E-state index contributed by atoms with van der Waals surface area (Å²) < 4.78 is 0. The summed E-state index contributed by atoms with van der Waals surface area (Å²) in [4.78, 5) is 24.3. The molecular weight excluding hydrogens is 280 g/mol. The highest BCUT2D eigenvalue weighted by Crippen LogP contribution is 2.28. The van der Waals surface area contributed by atoms with Crippen LogP contribution in [0.5, 0.6) is 0 Å². The van der Waals surface area contributed by atoms with Gasteiger partial charge in [0.25, 0.3) is 0 Å². The molecule has 0 spiro atoms. The number of nitrogens with one attached hydrogen (secondary N) is 1. The van der Waals surface area contributed by atoms with Crippen LogP contribution in [0.4, 0.5) is 4.79 Å². The lowest BCUT2D eigenvalue weighted by Crippen LogP contribution is -2.41. The van der Waals surface area contributed by atoms with Gasteiger partial charge in [-0.3, -0.25) is 4.79 Å². The highest BCUT2D eigenvalue weighted by molar-refractivity contribution is 6.30. The van der Waals surface area contributed by atoms with E-state index in [1.54, 1.807) is 17.0 Å². The van der Waals surface area contributed by atoms with Gasteiger partial charge in [0.1, 0.15) is 0 Å². The summed E-state index contributed by atoms with van der Waals surface area (Å²) >= 11 is 5.84. The molecule has 0 heterocycles. The van der Waals surface area contributed by atoms with Crippen molar-refractivity contribution < 1.29 is 14.7 Å². The van der Waals surface area contributed by atoms with E-state index >= 15 is 0 Å². The number of carbonyl (C=O) groups is 2. The number of rotatable bonds is 6. The summed E-state index contributed by atoms with van der Waals surface area (Å²) in [6.45, 7) is 0.665. The summed E-state index contributed by atoms with van der Waals surface area (Å²) in [7, 11) is 0. The molecule has 0 radical (unpaired) electrons. The second kappa shape index (κ2) is 6.61. The minimum absolute atomic E-state index is 0.0643. The van der Waals surface area contributed by atoms with Gasteiger partial charge in [0.2, 0.25) is 0 Å². The first-order valence-electron chi connectivity index (χ1n) is 6.57. The summed E-state index contributed by atoms with van der Waals surface area (Å²) in [5, 5.41) is 11.9. The second-order valence-corrected chi connectivity index (χ2v) is 5.30. The van der Waals surface area contributed by atoms with Crippen molar-refractivity contribution in [2.45, 2.75) is 31.8 Å². The number of nitrogens with zero attached hydrogens (tertiary/aromatic N) is 1. The van der Waals surface area contributed by atoms with Crippen LogP contribution in [0, 0.1) is 0 Å². The van der Waals surface area contributed by atoms with Crippen molar-refractivity contribution in [3.63, 3.8) is 0 Å². The quantitative estimate of drug-likeness (QED) is 0.847. The van der Waals surface area contributed by atoms with Crippen LogP contribution in [0.2, 0.25) is 5.02 Å². The minimum Gasteiger partial charge on any atom is -0.481 e. The normalized spacial score (nSPS) is 13.8.